The number of nitrogens with two attached hydrogens (primary N) is 1. The van der Waals surface area contributed by atoms with Crippen molar-refractivity contribution in [3.63, 3.8) is 0 Å². The highest BCUT2D eigenvalue weighted by atomic mass is 32.2. The van der Waals surface area contributed by atoms with Crippen LogP contribution in [0.25, 0.3) is 0 Å². The van der Waals surface area contributed by atoms with E-state index in [0.29, 0.717) is 0 Å². The smallest absolute Gasteiger partial charge is 0.190 e. The van der Waals surface area contributed by atoms with Crippen LogP contribution in [0.2, 0.25) is 0 Å². The van der Waals surface area contributed by atoms with Crippen LogP contribution in [0.1, 0.15) is 0 Å². The maximum absolute atomic E-state index is 10.4. The second kappa shape index (κ2) is 2.76. The summed E-state index contributed by atoms with van der Waals surface area (Å²) in [7, 11) is 0. The Balaban J connectivity index is 3.15. The lowest BCUT2D eigenvalue weighted by atomic mass is 10.5. The lowest BCUT2D eigenvalue weighted by Crippen LogP contribution is -1.97. The first-order valence-corrected chi connectivity index (χ1v) is 3.64. The molecule has 0 saturated heterocycles. The number of hydrogen-bond acceptors (Lipinski definition) is 3. The Hall–Kier alpha value is -0.940. The molecule has 0 radical (unpaired) electrons. The normalized spacial score (nSPS) is 12.9. The number of nitrogens with zero attached hydrogens (tertiary/aromatic N) is 1. The van der Waals surface area contributed by atoms with E-state index in [0.717, 1.165) is 0 Å². The molecule has 0 saturated carbocycles. The monoisotopic (exact) mass is 158 g/mol. The second-order valence-corrected chi connectivity index (χ2v) is 2.57. The SMILES string of the molecule is Nc1ncccc1S(=O)O. The van der Waals surface area contributed by atoms with Gasteiger partial charge in [-0.1, -0.05) is 0 Å². The molecule has 1 atom stereocenters. The second-order valence-electron chi connectivity index (χ2n) is 1.64. The number of pyridine rings is 1. The molecule has 10 heavy (non-hydrogen) atoms. The zero-order valence-corrected chi connectivity index (χ0v) is 5.84. The largest absolute Gasteiger partial charge is 0.383 e. The van der Waals surface area contributed by atoms with Gasteiger partial charge in [-0.3, -0.25) is 0 Å². The highest BCUT2D eigenvalue weighted by Crippen LogP contribution is 2.09. The van der Waals surface area contributed by atoms with Gasteiger partial charge in [0.05, 0.1) is 0 Å². The van der Waals surface area contributed by atoms with Gasteiger partial charge in [-0.2, -0.15) is 0 Å². The summed E-state index contributed by atoms with van der Waals surface area (Å²) in [6.45, 7) is 0. The Bertz CT molecular complexity index is 264. The quantitative estimate of drug-likeness (QED) is 0.574. The molecule has 0 aromatic carbocycles. The third-order valence-electron chi connectivity index (χ3n) is 0.988. The molecule has 1 rings (SSSR count). The van der Waals surface area contributed by atoms with Crippen LogP contribution >= 0.6 is 0 Å². The van der Waals surface area contributed by atoms with E-state index < -0.39 is 11.1 Å². The van der Waals surface area contributed by atoms with Crippen LogP contribution < -0.4 is 5.73 Å². The Morgan fingerprint density at radius 2 is 2.40 bits per heavy atom. The van der Waals surface area contributed by atoms with Crippen molar-refractivity contribution in [2.24, 2.45) is 0 Å². The van der Waals surface area contributed by atoms with Gasteiger partial charge in [-0.15, -0.1) is 0 Å². The van der Waals surface area contributed by atoms with Crippen molar-refractivity contribution in [2.75, 3.05) is 5.73 Å². The molecule has 0 aliphatic heterocycles. The third-order valence-corrected chi connectivity index (χ3v) is 1.71. The highest BCUT2D eigenvalue weighted by Gasteiger charge is 2.02. The van der Waals surface area contributed by atoms with Crippen LogP contribution in [0, 0.1) is 0 Å². The van der Waals surface area contributed by atoms with Crippen LogP contribution in [0.5, 0.6) is 0 Å². The van der Waals surface area contributed by atoms with Gasteiger partial charge >= 0.3 is 0 Å². The zero-order chi connectivity index (χ0) is 7.56. The van der Waals surface area contributed by atoms with Gasteiger partial charge in [0, 0.05) is 6.20 Å². The van der Waals surface area contributed by atoms with Gasteiger partial charge in [0.1, 0.15) is 10.7 Å². The van der Waals surface area contributed by atoms with E-state index in [9.17, 15) is 4.21 Å². The third kappa shape index (κ3) is 1.31. The van der Waals surface area contributed by atoms with Gasteiger partial charge in [0.15, 0.2) is 11.1 Å². The molecule has 0 amide bonds. The van der Waals surface area contributed by atoms with Gasteiger partial charge in [0.25, 0.3) is 0 Å². The van der Waals surface area contributed by atoms with Crippen molar-refractivity contribution in [1.29, 1.82) is 0 Å². The Morgan fingerprint density at radius 1 is 1.70 bits per heavy atom. The Kier molecular flexibility index (Phi) is 1.98. The number of hydrogen-bond donors (Lipinski definition) is 2. The van der Waals surface area contributed by atoms with E-state index >= 15 is 0 Å². The van der Waals surface area contributed by atoms with Crippen LogP contribution in [0.3, 0.4) is 0 Å². The van der Waals surface area contributed by atoms with Crippen LogP contribution in [-0.2, 0) is 11.1 Å². The first kappa shape index (κ1) is 7.17. The molecule has 1 aromatic heterocycles. The number of aromatic nitrogens is 1. The van der Waals surface area contributed by atoms with Crippen LogP contribution in [0.15, 0.2) is 23.2 Å². The van der Waals surface area contributed by atoms with Crippen LogP contribution in [-0.4, -0.2) is 13.7 Å². The van der Waals surface area contributed by atoms with E-state index in [4.69, 9.17) is 10.3 Å². The maximum Gasteiger partial charge on any atom is 0.190 e. The minimum Gasteiger partial charge on any atom is -0.383 e. The van der Waals surface area contributed by atoms with E-state index in [1.54, 1.807) is 6.07 Å². The summed E-state index contributed by atoms with van der Waals surface area (Å²) < 4.78 is 19.0. The minimum atomic E-state index is -2.03. The van der Waals surface area contributed by atoms with Crippen molar-refractivity contribution in [3.05, 3.63) is 18.3 Å². The van der Waals surface area contributed by atoms with E-state index in [-0.39, 0.29) is 10.7 Å². The van der Waals surface area contributed by atoms with Gasteiger partial charge < -0.3 is 10.3 Å². The molecule has 3 N–H and O–H groups in total. The fraction of sp³-hybridized carbons (Fsp3) is 0. The maximum atomic E-state index is 10.4. The van der Waals surface area contributed by atoms with Crippen molar-refractivity contribution in [2.45, 2.75) is 4.90 Å². The fourth-order valence-corrected chi connectivity index (χ4v) is 0.977. The molecule has 5 heteroatoms. The fourth-order valence-electron chi connectivity index (χ4n) is 0.550. The van der Waals surface area contributed by atoms with Crippen molar-refractivity contribution in [1.82, 2.24) is 4.98 Å². The molecular formula is C5H6N2O2S. The predicted molar refractivity (Wildman–Crippen MR) is 37.7 cm³/mol. The summed E-state index contributed by atoms with van der Waals surface area (Å²) in [4.78, 5) is 3.78. The predicted octanol–water partition coefficient (Wildman–Crippen LogP) is 0.244. The molecule has 0 fully saturated rings. The molecule has 54 valence electrons. The van der Waals surface area contributed by atoms with Crippen molar-refractivity contribution < 1.29 is 8.76 Å². The summed E-state index contributed by atoms with van der Waals surface area (Å²) >= 11 is -2.03. The number of anilines is 1. The average Bonchev–Trinajstić information content (AvgIpc) is 1.88. The Morgan fingerprint density at radius 3 is 2.80 bits per heavy atom. The van der Waals surface area contributed by atoms with Gasteiger partial charge in [-0.05, 0) is 12.1 Å². The molecule has 1 aromatic rings. The molecule has 0 bridgehead atoms. The molecule has 0 aliphatic carbocycles. The molecule has 0 spiro atoms. The number of nitrogen functional groups attached to an aromatic ring is 1. The Labute approximate surface area is 60.4 Å². The van der Waals surface area contributed by atoms with Crippen molar-refractivity contribution >= 4 is 16.9 Å². The van der Waals surface area contributed by atoms with Gasteiger partial charge in [-0.25, -0.2) is 9.19 Å². The minimum absolute atomic E-state index is 0.100. The summed E-state index contributed by atoms with van der Waals surface area (Å²) in [5.74, 6) is 0.100. The first-order valence-electron chi connectivity index (χ1n) is 2.53. The molecule has 1 unspecified atom stereocenters. The zero-order valence-electron chi connectivity index (χ0n) is 5.02. The topological polar surface area (TPSA) is 76.2 Å². The molecule has 4 nitrogen and oxygen atoms in total. The van der Waals surface area contributed by atoms with E-state index in [2.05, 4.69) is 4.98 Å². The summed E-state index contributed by atoms with van der Waals surface area (Å²) in [6.07, 6.45) is 1.46. The standard InChI is InChI=1S/C5H6N2O2S/c6-5-4(10(8)9)2-1-3-7-5/h1-3H,(H2,6,7)(H,8,9). The average molecular weight is 158 g/mol. The lowest BCUT2D eigenvalue weighted by Gasteiger charge is -1.95. The molecule has 0 aliphatic rings. The van der Waals surface area contributed by atoms with E-state index in [1.807, 2.05) is 0 Å². The molecular weight excluding hydrogens is 152 g/mol. The lowest BCUT2D eigenvalue weighted by molar-refractivity contribution is 0.564. The molecule has 1 heterocycles. The summed E-state index contributed by atoms with van der Waals surface area (Å²) in [5, 5.41) is 0. The van der Waals surface area contributed by atoms with E-state index in [1.165, 1.54) is 12.3 Å². The van der Waals surface area contributed by atoms with Crippen molar-refractivity contribution in [3.8, 4) is 0 Å². The first-order chi connectivity index (χ1) is 4.72. The summed E-state index contributed by atoms with van der Waals surface area (Å²) in [5.41, 5.74) is 5.26. The highest BCUT2D eigenvalue weighted by molar-refractivity contribution is 7.79. The van der Waals surface area contributed by atoms with Crippen LogP contribution in [0.4, 0.5) is 5.82 Å². The number of rotatable bonds is 1. The van der Waals surface area contributed by atoms with Gasteiger partial charge in [0.2, 0.25) is 0 Å². The summed E-state index contributed by atoms with van der Waals surface area (Å²) in [6, 6.07) is 3.01.